The molecule has 0 atom stereocenters. The van der Waals surface area contributed by atoms with E-state index >= 15 is 0 Å². The molecule has 0 bridgehead atoms. The van der Waals surface area contributed by atoms with Gasteiger partial charge in [-0.1, -0.05) is 10.5 Å². The van der Waals surface area contributed by atoms with Gasteiger partial charge in [0.05, 0.1) is 0 Å². The van der Waals surface area contributed by atoms with Crippen molar-refractivity contribution in [1.82, 2.24) is 14.1 Å². The lowest BCUT2D eigenvalue weighted by atomic mass is 9.72. The first-order chi connectivity index (χ1) is 10.1. The smallest absolute Gasteiger partial charge is 0.00958 e. The Bertz CT molecular complexity index is 351. The van der Waals surface area contributed by atoms with E-state index in [-0.39, 0.29) is 0 Å². The van der Waals surface area contributed by atoms with Gasteiger partial charge in [0.2, 0.25) is 0 Å². The van der Waals surface area contributed by atoms with Crippen LogP contribution in [0.4, 0.5) is 0 Å². The monoisotopic (exact) mass is 329 g/mol. The van der Waals surface area contributed by atoms with E-state index in [4.69, 9.17) is 11.2 Å². The SMILES string of the molecule is CC(C)N1CCC(CN2CC3(CCN([SH]=S)CC3)C2)CC1. The largest absolute Gasteiger partial charge is 0.302 e. The number of nitrogens with zero attached hydrogens (tertiary/aromatic N) is 3. The molecular weight excluding hydrogens is 298 g/mol. The molecule has 122 valence electrons. The Balaban J connectivity index is 1.37. The molecule has 3 heterocycles. The van der Waals surface area contributed by atoms with E-state index in [0.29, 0.717) is 5.41 Å². The van der Waals surface area contributed by atoms with Crippen molar-refractivity contribution >= 4 is 21.7 Å². The van der Waals surface area contributed by atoms with E-state index in [9.17, 15) is 0 Å². The highest BCUT2D eigenvalue weighted by Gasteiger charge is 2.44. The molecule has 0 unspecified atom stereocenters. The number of hydrogen-bond donors (Lipinski definition) is 1. The van der Waals surface area contributed by atoms with E-state index in [2.05, 4.69) is 28.0 Å². The average Bonchev–Trinajstić information content (AvgIpc) is 2.47. The highest BCUT2D eigenvalue weighted by Crippen LogP contribution is 2.41. The third-order valence-corrected chi connectivity index (χ3v) is 7.25. The van der Waals surface area contributed by atoms with Gasteiger partial charge in [-0.2, -0.15) is 0 Å². The second-order valence-electron chi connectivity index (χ2n) is 7.78. The van der Waals surface area contributed by atoms with Crippen molar-refractivity contribution in [3.8, 4) is 0 Å². The van der Waals surface area contributed by atoms with Crippen LogP contribution >= 0.6 is 0 Å². The fourth-order valence-corrected chi connectivity index (χ4v) is 5.27. The Morgan fingerprint density at radius 3 is 2.24 bits per heavy atom. The molecule has 0 aromatic carbocycles. The number of hydrogen-bond acceptors (Lipinski definition) is 3. The molecule has 0 aromatic rings. The molecule has 3 aliphatic rings. The van der Waals surface area contributed by atoms with Crippen LogP contribution in [0.15, 0.2) is 0 Å². The number of piperidine rings is 2. The Morgan fingerprint density at radius 2 is 1.71 bits per heavy atom. The van der Waals surface area contributed by atoms with Gasteiger partial charge in [0.25, 0.3) is 0 Å². The predicted molar refractivity (Wildman–Crippen MR) is 95.2 cm³/mol. The van der Waals surface area contributed by atoms with Crippen molar-refractivity contribution in [3.63, 3.8) is 0 Å². The van der Waals surface area contributed by atoms with E-state index < -0.39 is 0 Å². The lowest BCUT2D eigenvalue weighted by Gasteiger charge is -2.54. The van der Waals surface area contributed by atoms with E-state index in [1.165, 1.54) is 71.5 Å². The minimum atomic E-state index is 0.662. The van der Waals surface area contributed by atoms with Crippen molar-refractivity contribution < 1.29 is 0 Å². The lowest BCUT2D eigenvalue weighted by Crippen LogP contribution is -2.61. The molecule has 0 amide bonds. The van der Waals surface area contributed by atoms with Gasteiger partial charge in [-0.15, -0.1) is 0 Å². The van der Waals surface area contributed by atoms with E-state index in [1.807, 2.05) is 0 Å². The quantitative estimate of drug-likeness (QED) is 0.786. The lowest BCUT2D eigenvalue weighted by molar-refractivity contribution is -0.0459. The maximum absolute atomic E-state index is 5.14. The molecule has 0 aromatic heterocycles. The molecule has 3 rings (SSSR count). The maximum Gasteiger partial charge on any atom is 0.00958 e. The zero-order valence-corrected chi connectivity index (χ0v) is 15.3. The van der Waals surface area contributed by atoms with Gasteiger partial charge in [0.15, 0.2) is 0 Å². The zero-order chi connectivity index (χ0) is 14.9. The normalized spacial score (nSPS) is 29.1. The summed E-state index contributed by atoms with van der Waals surface area (Å²) in [5.41, 5.74) is 0.662. The minimum absolute atomic E-state index is 0.662. The standard InChI is InChI=1S/C16H31N3S2/c1-14(2)18-7-3-15(4-8-18)11-17-12-16(13-17)5-9-19(21-20)10-6-16/h14-15,21H,3-13H2,1-2H3. The third-order valence-electron chi connectivity index (χ3n) is 5.93. The summed E-state index contributed by atoms with van der Waals surface area (Å²) in [4.78, 5) is 5.37. The molecule has 0 aliphatic carbocycles. The van der Waals surface area contributed by atoms with Crippen molar-refractivity contribution in [2.75, 3.05) is 45.8 Å². The fraction of sp³-hybridized carbons (Fsp3) is 1.00. The van der Waals surface area contributed by atoms with Gasteiger partial charge in [0.1, 0.15) is 0 Å². The summed E-state index contributed by atoms with van der Waals surface area (Å²) < 4.78 is 2.41. The average molecular weight is 330 g/mol. The van der Waals surface area contributed by atoms with Gasteiger partial charge in [-0.25, -0.2) is 4.31 Å². The van der Waals surface area contributed by atoms with Crippen molar-refractivity contribution in [3.05, 3.63) is 0 Å². The van der Waals surface area contributed by atoms with Crippen LogP contribution in [0.2, 0.25) is 0 Å². The van der Waals surface area contributed by atoms with Crippen molar-refractivity contribution in [2.45, 2.75) is 45.6 Å². The third kappa shape index (κ3) is 3.86. The zero-order valence-electron chi connectivity index (χ0n) is 13.6. The second-order valence-corrected chi connectivity index (χ2v) is 9.00. The molecule has 3 nitrogen and oxygen atoms in total. The van der Waals surface area contributed by atoms with Crippen molar-refractivity contribution in [2.24, 2.45) is 11.3 Å². The summed E-state index contributed by atoms with van der Waals surface area (Å²) in [6.45, 7) is 13.8. The summed E-state index contributed by atoms with van der Waals surface area (Å²) in [6.07, 6.45) is 5.56. The fourth-order valence-electron chi connectivity index (χ4n) is 4.42. The van der Waals surface area contributed by atoms with Gasteiger partial charge in [-0.05, 0) is 75.1 Å². The number of rotatable bonds is 4. The summed E-state index contributed by atoms with van der Waals surface area (Å²) in [5, 5.41) is 0. The summed E-state index contributed by atoms with van der Waals surface area (Å²) >= 11 is 5.14. The Morgan fingerprint density at radius 1 is 1.10 bits per heavy atom. The molecule has 3 aliphatic heterocycles. The summed E-state index contributed by atoms with van der Waals surface area (Å²) in [7, 11) is 1.06. The van der Waals surface area contributed by atoms with Crippen LogP contribution in [0.3, 0.4) is 0 Å². The molecule has 3 saturated heterocycles. The van der Waals surface area contributed by atoms with Crippen LogP contribution in [0.1, 0.15) is 39.5 Å². The van der Waals surface area contributed by atoms with Gasteiger partial charge in [-0.3, -0.25) is 0 Å². The van der Waals surface area contributed by atoms with Gasteiger partial charge >= 0.3 is 0 Å². The number of likely N-dealkylation sites (tertiary alicyclic amines) is 2. The van der Waals surface area contributed by atoms with E-state index in [0.717, 1.165) is 22.5 Å². The topological polar surface area (TPSA) is 9.72 Å². The van der Waals surface area contributed by atoms with Crippen molar-refractivity contribution in [1.29, 1.82) is 0 Å². The summed E-state index contributed by atoms with van der Waals surface area (Å²) in [6, 6.07) is 0.729. The maximum atomic E-state index is 5.14. The molecular formula is C16H31N3S2. The van der Waals surface area contributed by atoms with Gasteiger partial charge in [0, 0.05) is 38.8 Å². The Kier molecular flexibility index (Phi) is 5.37. The molecule has 5 heteroatoms. The van der Waals surface area contributed by atoms with Gasteiger partial charge < -0.3 is 9.80 Å². The second kappa shape index (κ2) is 6.91. The molecule has 0 radical (unpaired) electrons. The highest BCUT2D eigenvalue weighted by atomic mass is 32.8. The van der Waals surface area contributed by atoms with Crippen LogP contribution in [0, 0.1) is 11.3 Å². The first kappa shape index (κ1) is 16.3. The molecule has 21 heavy (non-hydrogen) atoms. The van der Waals surface area contributed by atoms with Crippen LogP contribution in [0.5, 0.6) is 0 Å². The highest BCUT2D eigenvalue weighted by molar-refractivity contribution is 8.16. The summed E-state index contributed by atoms with van der Waals surface area (Å²) in [5.74, 6) is 0.948. The Hall–Kier alpha value is 0.450. The minimum Gasteiger partial charge on any atom is -0.302 e. The van der Waals surface area contributed by atoms with Crippen LogP contribution in [-0.4, -0.2) is 66.0 Å². The molecule has 3 fully saturated rings. The Labute approximate surface area is 138 Å². The number of thiol groups is 1. The predicted octanol–water partition coefficient (Wildman–Crippen LogP) is 1.70. The molecule has 0 saturated carbocycles. The first-order valence-corrected chi connectivity index (χ1v) is 10.5. The van der Waals surface area contributed by atoms with Crippen LogP contribution in [0.25, 0.3) is 0 Å². The first-order valence-electron chi connectivity index (χ1n) is 8.65. The van der Waals surface area contributed by atoms with E-state index in [1.54, 1.807) is 0 Å². The van der Waals surface area contributed by atoms with Crippen LogP contribution < -0.4 is 0 Å². The molecule has 1 spiro atoms. The van der Waals surface area contributed by atoms with Crippen LogP contribution in [-0.2, 0) is 21.7 Å². The molecule has 0 N–H and O–H groups in total.